The van der Waals surface area contributed by atoms with Gasteiger partial charge in [0.1, 0.15) is 0 Å². The van der Waals surface area contributed by atoms with Gasteiger partial charge in [0.05, 0.1) is 11.4 Å². The molecule has 2 aliphatic heterocycles. The molecule has 3 aromatic rings. The summed E-state index contributed by atoms with van der Waals surface area (Å²) in [5.74, 6) is -1.73. The standard InChI is InChI=1S/C41H53N5O5/c1-8-9-10-11-12-13-30-36-20-31-24(2)18-27(42-31)19-32-25(3)28(14-16-39(48)49)34(43-32)21-35-29(15-17-40(50)51)26(4)33(44-35)22-37(45-36)41(30,5)23-38(47)46(6)7/h18-22,30,42,44H,8-17,23H2,1-7H3,(H,48,49)(H,50,51)/t30-,41+/m1/s1. The zero-order chi connectivity index (χ0) is 37.0. The Hall–Kier alpha value is -4.73. The average molecular weight is 696 g/mol. The first-order valence-electron chi connectivity index (χ1n) is 18.3. The first kappa shape index (κ1) is 37.5. The van der Waals surface area contributed by atoms with Crippen molar-refractivity contribution in [2.75, 3.05) is 14.1 Å². The van der Waals surface area contributed by atoms with Crippen LogP contribution >= 0.6 is 0 Å². The molecule has 10 nitrogen and oxygen atoms in total. The molecule has 0 radical (unpaired) electrons. The predicted molar refractivity (Wildman–Crippen MR) is 203 cm³/mol. The van der Waals surface area contributed by atoms with Gasteiger partial charge in [0.15, 0.2) is 0 Å². The molecule has 0 spiro atoms. The van der Waals surface area contributed by atoms with E-state index in [-0.39, 0.29) is 24.7 Å². The van der Waals surface area contributed by atoms with E-state index in [2.05, 4.69) is 48.9 Å². The van der Waals surface area contributed by atoms with Crippen molar-refractivity contribution in [3.63, 3.8) is 0 Å². The molecule has 51 heavy (non-hydrogen) atoms. The van der Waals surface area contributed by atoms with E-state index < -0.39 is 17.4 Å². The van der Waals surface area contributed by atoms with Gasteiger partial charge in [-0.05, 0) is 98.2 Å². The maximum Gasteiger partial charge on any atom is 0.303 e. The fourth-order valence-electron chi connectivity index (χ4n) is 7.62. The number of unbranched alkanes of at least 4 members (excludes halogenated alkanes) is 4. The highest BCUT2D eigenvalue weighted by Crippen LogP contribution is 2.48. The zero-order valence-corrected chi connectivity index (χ0v) is 31.2. The lowest BCUT2D eigenvalue weighted by Gasteiger charge is -2.32. The van der Waals surface area contributed by atoms with Gasteiger partial charge in [-0.1, -0.05) is 46.0 Å². The number of carboxylic acid groups (broad SMARTS) is 2. The van der Waals surface area contributed by atoms with Crippen LogP contribution in [-0.2, 0) is 26.2 Å². The average Bonchev–Trinajstić information content (AvgIpc) is 3.72. The smallest absolute Gasteiger partial charge is 0.303 e. The number of hydrogen-bond acceptors (Lipinski definition) is 5. The third-order valence-corrected chi connectivity index (χ3v) is 10.8. The van der Waals surface area contributed by atoms with Gasteiger partial charge < -0.3 is 25.1 Å². The number of amides is 1. The van der Waals surface area contributed by atoms with E-state index in [0.717, 1.165) is 86.2 Å². The number of rotatable bonds is 14. The molecule has 5 rings (SSSR count). The van der Waals surface area contributed by atoms with Gasteiger partial charge in [0.25, 0.3) is 0 Å². The molecule has 1 amide bonds. The highest BCUT2D eigenvalue weighted by Gasteiger charge is 2.44. The number of aliphatic carboxylic acids is 2. The van der Waals surface area contributed by atoms with Crippen LogP contribution in [0.5, 0.6) is 0 Å². The number of carbonyl (C=O) groups is 3. The molecule has 0 aromatic carbocycles. The molecule has 0 aliphatic carbocycles. The highest BCUT2D eigenvalue weighted by molar-refractivity contribution is 5.93. The Labute approximate surface area is 300 Å². The maximum atomic E-state index is 13.5. The maximum absolute atomic E-state index is 13.5. The molecular weight excluding hydrogens is 642 g/mol. The second kappa shape index (κ2) is 15.7. The fourth-order valence-corrected chi connectivity index (χ4v) is 7.62. The molecule has 2 atom stereocenters. The Bertz CT molecular complexity index is 2020. The van der Waals surface area contributed by atoms with Crippen molar-refractivity contribution in [2.45, 2.75) is 117 Å². The zero-order valence-electron chi connectivity index (χ0n) is 31.2. The first-order valence-corrected chi connectivity index (χ1v) is 18.3. The number of aromatic nitrogens is 4. The van der Waals surface area contributed by atoms with Crippen molar-refractivity contribution in [1.29, 1.82) is 0 Å². The van der Waals surface area contributed by atoms with Crippen molar-refractivity contribution in [3.05, 3.63) is 69.8 Å². The van der Waals surface area contributed by atoms with Crippen LogP contribution < -0.4 is 0 Å². The summed E-state index contributed by atoms with van der Waals surface area (Å²) in [6.07, 6.45) is 7.45. The quantitative estimate of drug-likeness (QED) is 0.123. The molecule has 8 bridgehead atoms. The topological polar surface area (TPSA) is 152 Å². The van der Waals surface area contributed by atoms with Crippen LogP contribution in [0.4, 0.5) is 0 Å². The monoisotopic (exact) mass is 695 g/mol. The Balaban J connectivity index is 1.84. The van der Waals surface area contributed by atoms with E-state index in [1.807, 2.05) is 26.0 Å². The molecule has 0 fully saturated rings. The number of nitrogens with one attached hydrogen (secondary N) is 2. The van der Waals surface area contributed by atoms with Crippen LogP contribution in [0.15, 0.2) is 30.3 Å². The van der Waals surface area contributed by atoms with Gasteiger partial charge in [-0.25, -0.2) is 4.98 Å². The molecule has 3 aromatic heterocycles. The Kier molecular flexibility index (Phi) is 11.5. The first-order chi connectivity index (χ1) is 24.2. The van der Waals surface area contributed by atoms with Gasteiger partial charge in [0, 0.05) is 78.1 Å². The highest BCUT2D eigenvalue weighted by atomic mass is 16.4. The van der Waals surface area contributed by atoms with Gasteiger partial charge >= 0.3 is 11.9 Å². The minimum Gasteiger partial charge on any atom is -0.481 e. The van der Waals surface area contributed by atoms with Crippen molar-refractivity contribution < 1.29 is 24.6 Å². The van der Waals surface area contributed by atoms with Crippen LogP contribution in [0.1, 0.15) is 130 Å². The number of hydrogen-bond donors (Lipinski definition) is 4. The number of carboxylic acids is 2. The van der Waals surface area contributed by atoms with Gasteiger partial charge in [0.2, 0.25) is 5.91 Å². The van der Waals surface area contributed by atoms with Crippen molar-refractivity contribution >= 4 is 51.1 Å². The third-order valence-electron chi connectivity index (χ3n) is 10.8. The van der Waals surface area contributed by atoms with E-state index in [4.69, 9.17) is 9.97 Å². The molecular formula is C41H53N5O5. The van der Waals surface area contributed by atoms with E-state index in [9.17, 15) is 24.6 Å². The summed E-state index contributed by atoms with van der Waals surface area (Å²) in [6.45, 7) is 10.4. The Morgan fingerprint density at radius 1 is 0.824 bits per heavy atom. The van der Waals surface area contributed by atoms with Crippen LogP contribution in [0, 0.1) is 13.8 Å². The molecule has 0 unspecified atom stereocenters. The lowest BCUT2D eigenvalue weighted by atomic mass is 9.70. The summed E-state index contributed by atoms with van der Waals surface area (Å²) >= 11 is 0. The van der Waals surface area contributed by atoms with E-state index in [1.165, 1.54) is 19.3 Å². The summed E-state index contributed by atoms with van der Waals surface area (Å²) in [7, 11) is 3.58. The Morgan fingerprint density at radius 3 is 2.22 bits per heavy atom. The summed E-state index contributed by atoms with van der Waals surface area (Å²) < 4.78 is 0. The molecule has 4 N–H and O–H groups in total. The van der Waals surface area contributed by atoms with Crippen LogP contribution in [-0.4, -0.2) is 67.0 Å². The predicted octanol–water partition coefficient (Wildman–Crippen LogP) is 8.62. The lowest BCUT2D eigenvalue weighted by Crippen LogP contribution is -2.34. The number of carbonyl (C=O) groups excluding carboxylic acids is 1. The van der Waals surface area contributed by atoms with Crippen molar-refractivity contribution in [1.82, 2.24) is 24.8 Å². The van der Waals surface area contributed by atoms with Crippen LogP contribution in [0.2, 0.25) is 0 Å². The Morgan fingerprint density at radius 2 is 1.53 bits per heavy atom. The largest absolute Gasteiger partial charge is 0.481 e. The van der Waals surface area contributed by atoms with E-state index in [1.54, 1.807) is 19.0 Å². The number of H-pyrrole nitrogens is 2. The molecule has 272 valence electrons. The molecule has 0 saturated carbocycles. The number of aromatic amines is 2. The van der Waals surface area contributed by atoms with Crippen LogP contribution in [0.3, 0.4) is 0 Å². The molecule has 0 saturated heterocycles. The second-order valence-electron chi connectivity index (χ2n) is 14.8. The van der Waals surface area contributed by atoms with Crippen molar-refractivity contribution in [3.8, 4) is 0 Å². The van der Waals surface area contributed by atoms with Crippen LogP contribution in [0.25, 0.3) is 33.2 Å². The number of nitrogens with zero attached hydrogens (tertiary/aromatic N) is 3. The minimum absolute atomic E-state index is 0.00536. The van der Waals surface area contributed by atoms with Gasteiger partial charge in [-0.3, -0.25) is 19.4 Å². The summed E-state index contributed by atoms with van der Waals surface area (Å²) in [5.41, 5.74) is 10.5. The molecule has 2 aliphatic rings. The summed E-state index contributed by atoms with van der Waals surface area (Å²) in [6, 6.07) is 10.2. The summed E-state index contributed by atoms with van der Waals surface area (Å²) in [4.78, 5) is 56.1. The van der Waals surface area contributed by atoms with E-state index in [0.29, 0.717) is 25.0 Å². The third kappa shape index (κ3) is 8.26. The van der Waals surface area contributed by atoms with E-state index >= 15 is 0 Å². The molecule has 10 heteroatoms. The molecule has 5 heterocycles. The fraction of sp³-hybridized carbons (Fsp3) is 0.488. The SMILES string of the molecule is CCCCCCC[C@@H]1c2cc3[nH]c(cc4nc(cc5[nH]c(cc(n2)[C@@]1(C)CC(=O)N(C)C)c(C)c5CCC(=O)O)C(CCC(=O)O)=C4C)cc3C. The number of aryl methyl sites for hydroxylation is 3. The minimum atomic E-state index is -0.890. The number of fused-ring (bicyclic) bond motifs is 8. The van der Waals surface area contributed by atoms with Crippen molar-refractivity contribution in [2.24, 2.45) is 0 Å². The summed E-state index contributed by atoms with van der Waals surface area (Å²) in [5, 5.41) is 19.2. The lowest BCUT2D eigenvalue weighted by molar-refractivity contribution is -0.137. The van der Waals surface area contributed by atoms with Gasteiger partial charge in [-0.15, -0.1) is 0 Å². The second-order valence-corrected chi connectivity index (χ2v) is 14.8. The van der Waals surface area contributed by atoms with Gasteiger partial charge in [-0.2, -0.15) is 0 Å². The normalized spacial score (nSPS) is 17.2. The number of allylic oxidation sites excluding steroid dienone is 2.